The molecule has 0 atom stereocenters. The third-order valence-corrected chi connectivity index (χ3v) is 13.5. The Morgan fingerprint density at radius 3 is 1.33 bits per heavy atom. The standard InChI is InChI=1S/C54H38/c1-53(2,3)28-10-12-30-34-14-15-35-37-16-19-39-43-22-27-23-47-31-13-11-29(54(4,5)6)25-45(31)33-9-7-8-32(48(33)47)42(27)26-46(43)41-21-18-38(51(37)52(39)41)36-17-20-40(44(30)24-28)49(34)50(35)36/h7-26H,1-6H3. The predicted molar refractivity (Wildman–Crippen MR) is 237 cm³/mol. The summed E-state index contributed by atoms with van der Waals surface area (Å²) in [7, 11) is 0. The quantitative estimate of drug-likeness (QED) is 0.110. The van der Waals surface area contributed by atoms with Gasteiger partial charge in [0.1, 0.15) is 0 Å². The topological polar surface area (TPSA) is 0 Å². The number of rotatable bonds is 0. The summed E-state index contributed by atoms with van der Waals surface area (Å²) in [6, 6.07) is 48.0. The van der Waals surface area contributed by atoms with Gasteiger partial charge in [-0.3, -0.25) is 0 Å². The summed E-state index contributed by atoms with van der Waals surface area (Å²) in [6.45, 7) is 13.9. The monoisotopic (exact) mass is 686 g/mol. The van der Waals surface area contributed by atoms with Gasteiger partial charge in [-0.05, 0) is 182 Å². The highest BCUT2D eigenvalue weighted by Crippen LogP contribution is 2.55. The first-order valence-corrected chi connectivity index (χ1v) is 19.6. The van der Waals surface area contributed by atoms with Crippen LogP contribution < -0.4 is 0 Å². The van der Waals surface area contributed by atoms with E-state index in [1.165, 1.54) is 141 Å². The highest BCUT2D eigenvalue weighted by molar-refractivity contribution is 6.44. The van der Waals surface area contributed by atoms with Crippen LogP contribution >= 0.6 is 0 Å². The Kier molecular flexibility index (Phi) is 5.02. The molecule has 0 aliphatic heterocycles. The summed E-state index contributed by atoms with van der Waals surface area (Å²) in [6.07, 6.45) is 0. The van der Waals surface area contributed by atoms with Crippen molar-refractivity contribution in [1.29, 1.82) is 0 Å². The average Bonchev–Trinajstić information content (AvgIpc) is 3.78. The van der Waals surface area contributed by atoms with Gasteiger partial charge in [-0.1, -0.05) is 133 Å². The van der Waals surface area contributed by atoms with Crippen molar-refractivity contribution in [3.05, 3.63) is 132 Å². The van der Waals surface area contributed by atoms with E-state index in [1.54, 1.807) is 0 Å². The van der Waals surface area contributed by atoms with Gasteiger partial charge in [-0.2, -0.15) is 0 Å². The van der Waals surface area contributed by atoms with Crippen LogP contribution in [0.15, 0.2) is 121 Å². The summed E-state index contributed by atoms with van der Waals surface area (Å²) in [4.78, 5) is 0. The van der Waals surface area contributed by atoms with Gasteiger partial charge in [0.2, 0.25) is 0 Å². The molecule has 0 N–H and O–H groups in total. The molecule has 0 heterocycles. The van der Waals surface area contributed by atoms with E-state index in [-0.39, 0.29) is 10.8 Å². The van der Waals surface area contributed by atoms with E-state index in [0.29, 0.717) is 0 Å². The first kappa shape index (κ1) is 29.5. The molecule has 0 amide bonds. The first-order chi connectivity index (χ1) is 26.0. The van der Waals surface area contributed by atoms with Gasteiger partial charge in [0.15, 0.2) is 0 Å². The third kappa shape index (κ3) is 3.38. The van der Waals surface area contributed by atoms with Crippen molar-refractivity contribution >= 4 is 108 Å². The van der Waals surface area contributed by atoms with Crippen molar-refractivity contribution in [2.75, 3.05) is 0 Å². The highest BCUT2D eigenvalue weighted by atomic mass is 14.3. The lowest BCUT2D eigenvalue weighted by molar-refractivity contribution is 0.590. The summed E-state index contributed by atoms with van der Waals surface area (Å²) in [5.41, 5.74) is 8.48. The zero-order valence-corrected chi connectivity index (χ0v) is 31.5. The van der Waals surface area contributed by atoms with Crippen LogP contribution in [0, 0.1) is 0 Å². The van der Waals surface area contributed by atoms with Crippen LogP contribution in [0.5, 0.6) is 0 Å². The Labute approximate surface area is 313 Å². The molecular weight excluding hydrogens is 649 g/mol. The molecule has 0 radical (unpaired) electrons. The SMILES string of the molecule is CC(C)(C)c1ccc2c(c1)-c1ccc3c4ccc5c6cc7c(cc6c6ccc(c8ccc-2c1c83)c4c65)cc1c2ccc(C(C)(C)C)cc2c2cccc7c21. The van der Waals surface area contributed by atoms with Crippen molar-refractivity contribution in [2.45, 2.75) is 52.4 Å². The van der Waals surface area contributed by atoms with E-state index in [1.807, 2.05) is 0 Å². The van der Waals surface area contributed by atoms with Crippen LogP contribution in [0.1, 0.15) is 52.7 Å². The minimum atomic E-state index is 0.106. The Morgan fingerprint density at radius 1 is 0.259 bits per heavy atom. The molecule has 0 spiro atoms. The molecule has 0 heteroatoms. The number of hydrogen-bond donors (Lipinski definition) is 0. The lowest BCUT2D eigenvalue weighted by atomic mass is 9.85. The number of benzene rings is 10. The van der Waals surface area contributed by atoms with Crippen LogP contribution in [0.3, 0.4) is 0 Å². The second-order valence-electron chi connectivity index (χ2n) is 18.4. The first-order valence-electron chi connectivity index (χ1n) is 19.6. The molecule has 0 nitrogen and oxygen atoms in total. The van der Waals surface area contributed by atoms with Crippen molar-refractivity contribution in [1.82, 2.24) is 0 Å². The van der Waals surface area contributed by atoms with Crippen LogP contribution in [0.2, 0.25) is 0 Å². The van der Waals surface area contributed by atoms with E-state index < -0.39 is 0 Å². The Morgan fingerprint density at radius 2 is 0.685 bits per heavy atom. The van der Waals surface area contributed by atoms with E-state index >= 15 is 0 Å². The van der Waals surface area contributed by atoms with E-state index in [2.05, 4.69) is 163 Å². The van der Waals surface area contributed by atoms with Gasteiger partial charge in [0.05, 0.1) is 0 Å². The molecular formula is C54H38. The zero-order chi connectivity index (χ0) is 36.2. The Hall–Kier alpha value is -5.98. The molecule has 12 aromatic carbocycles. The van der Waals surface area contributed by atoms with E-state index in [0.717, 1.165) is 0 Å². The van der Waals surface area contributed by atoms with Gasteiger partial charge in [0, 0.05) is 0 Å². The molecule has 12 aromatic rings. The second-order valence-corrected chi connectivity index (χ2v) is 18.4. The lowest BCUT2D eigenvalue weighted by Crippen LogP contribution is -2.10. The predicted octanol–water partition coefficient (Wildman–Crippen LogP) is 15.8. The maximum atomic E-state index is 2.51. The van der Waals surface area contributed by atoms with E-state index in [9.17, 15) is 0 Å². The van der Waals surface area contributed by atoms with Crippen LogP contribution in [0.25, 0.3) is 130 Å². The van der Waals surface area contributed by atoms with Crippen molar-refractivity contribution in [3.8, 4) is 22.3 Å². The molecule has 0 aromatic heterocycles. The van der Waals surface area contributed by atoms with Gasteiger partial charge >= 0.3 is 0 Å². The lowest BCUT2D eigenvalue weighted by Gasteiger charge is -2.20. The molecule has 254 valence electrons. The summed E-state index contributed by atoms with van der Waals surface area (Å²) in [5.74, 6) is 0. The minimum absolute atomic E-state index is 0.106. The van der Waals surface area contributed by atoms with Crippen molar-refractivity contribution in [3.63, 3.8) is 0 Å². The molecule has 0 saturated carbocycles. The third-order valence-electron chi connectivity index (χ3n) is 13.5. The smallest absolute Gasteiger partial charge is 0.00139 e. The van der Waals surface area contributed by atoms with E-state index in [4.69, 9.17) is 0 Å². The molecule has 1 aliphatic rings. The van der Waals surface area contributed by atoms with Crippen LogP contribution in [-0.4, -0.2) is 0 Å². The molecule has 0 unspecified atom stereocenters. The number of hydrogen-bond acceptors (Lipinski definition) is 0. The molecule has 13 rings (SSSR count). The molecule has 1 aliphatic carbocycles. The summed E-state index contributed by atoms with van der Waals surface area (Å²) in [5, 5.41) is 27.4. The van der Waals surface area contributed by atoms with Gasteiger partial charge < -0.3 is 0 Å². The fraction of sp³-hybridized carbons (Fsp3) is 0.148. The van der Waals surface area contributed by atoms with Crippen LogP contribution in [0.4, 0.5) is 0 Å². The fourth-order valence-electron chi connectivity index (χ4n) is 10.9. The Bertz CT molecular complexity index is 3630. The average molecular weight is 687 g/mol. The maximum absolute atomic E-state index is 2.51. The maximum Gasteiger partial charge on any atom is -0.00139 e. The summed E-state index contributed by atoms with van der Waals surface area (Å²) < 4.78 is 0. The van der Waals surface area contributed by atoms with Crippen molar-refractivity contribution < 1.29 is 0 Å². The Balaban J connectivity index is 1.11. The minimum Gasteiger partial charge on any atom is -0.0610 e. The van der Waals surface area contributed by atoms with Gasteiger partial charge in [0.25, 0.3) is 0 Å². The second kappa shape index (κ2) is 9.20. The van der Waals surface area contributed by atoms with Crippen LogP contribution in [-0.2, 0) is 10.8 Å². The number of fused-ring (bicyclic) bond motifs is 13. The van der Waals surface area contributed by atoms with Gasteiger partial charge in [-0.25, -0.2) is 0 Å². The zero-order valence-electron chi connectivity index (χ0n) is 31.5. The summed E-state index contributed by atoms with van der Waals surface area (Å²) >= 11 is 0. The molecule has 54 heavy (non-hydrogen) atoms. The normalized spacial score (nSPS) is 13.7. The largest absolute Gasteiger partial charge is 0.0610 e. The van der Waals surface area contributed by atoms with Crippen molar-refractivity contribution in [2.24, 2.45) is 0 Å². The van der Waals surface area contributed by atoms with Gasteiger partial charge in [-0.15, -0.1) is 0 Å². The fourth-order valence-corrected chi connectivity index (χ4v) is 10.9. The molecule has 0 fully saturated rings. The molecule has 0 bridgehead atoms. The highest BCUT2D eigenvalue weighted by Gasteiger charge is 2.28. The molecule has 0 saturated heterocycles.